The summed E-state index contributed by atoms with van der Waals surface area (Å²) in [6.45, 7) is 1.39. The van der Waals surface area contributed by atoms with Gasteiger partial charge in [-0.2, -0.15) is 0 Å². The predicted molar refractivity (Wildman–Crippen MR) is 78.1 cm³/mol. The molecular formula is C14H17N5O2. The topological polar surface area (TPSA) is 106 Å². The Morgan fingerprint density at radius 3 is 2.67 bits per heavy atom. The maximum absolute atomic E-state index is 11.9. The van der Waals surface area contributed by atoms with Gasteiger partial charge in [0.25, 0.3) is 5.91 Å². The van der Waals surface area contributed by atoms with E-state index in [0.29, 0.717) is 17.7 Å². The fourth-order valence-corrected chi connectivity index (χ4v) is 1.83. The van der Waals surface area contributed by atoms with E-state index in [1.54, 1.807) is 36.8 Å². The molecule has 0 aliphatic carbocycles. The molecule has 1 amide bonds. The lowest BCUT2D eigenvalue weighted by Gasteiger charge is -2.06. The molecule has 2 rings (SSSR count). The van der Waals surface area contributed by atoms with Crippen LogP contribution in [-0.4, -0.2) is 33.0 Å². The highest BCUT2D eigenvalue weighted by molar-refractivity contribution is 5.99. The number of hydrogen-bond acceptors (Lipinski definition) is 4. The Kier molecular flexibility index (Phi) is 4.92. The largest absolute Gasteiger partial charge is 0.409 e. The summed E-state index contributed by atoms with van der Waals surface area (Å²) in [6, 6.07) is 6.54. The van der Waals surface area contributed by atoms with Crippen molar-refractivity contribution in [3.05, 3.63) is 54.1 Å². The van der Waals surface area contributed by atoms with Crippen LogP contribution in [0.15, 0.2) is 48.1 Å². The second-order valence-corrected chi connectivity index (χ2v) is 4.47. The molecule has 4 N–H and O–H groups in total. The molecule has 7 nitrogen and oxygen atoms in total. The monoisotopic (exact) mass is 287 g/mol. The highest BCUT2D eigenvalue weighted by Gasteiger charge is 2.06. The van der Waals surface area contributed by atoms with Gasteiger partial charge in [0, 0.05) is 36.6 Å². The minimum atomic E-state index is -0.147. The number of aromatic nitrogens is 2. The molecule has 0 atom stereocenters. The van der Waals surface area contributed by atoms with E-state index in [2.05, 4.69) is 15.5 Å². The van der Waals surface area contributed by atoms with E-state index in [1.807, 2.05) is 10.8 Å². The molecule has 0 fully saturated rings. The van der Waals surface area contributed by atoms with Crippen molar-refractivity contribution < 1.29 is 10.0 Å². The SMILES string of the molecule is N/C(=N\O)c1ccc(C(=O)NCCCn2ccnc2)cc1. The van der Waals surface area contributed by atoms with E-state index < -0.39 is 0 Å². The molecular weight excluding hydrogens is 270 g/mol. The zero-order valence-corrected chi connectivity index (χ0v) is 11.4. The van der Waals surface area contributed by atoms with Gasteiger partial charge in [0.2, 0.25) is 0 Å². The van der Waals surface area contributed by atoms with E-state index in [1.165, 1.54) is 0 Å². The summed E-state index contributed by atoms with van der Waals surface area (Å²) in [7, 11) is 0. The number of oxime groups is 1. The third-order valence-corrected chi connectivity index (χ3v) is 2.99. The standard InChI is InChI=1S/C14H17N5O2/c15-13(18-21)11-2-4-12(5-3-11)14(20)17-6-1-8-19-9-7-16-10-19/h2-5,7,9-10,21H,1,6,8H2,(H2,15,18)(H,17,20). The van der Waals surface area contributed by atoms with Gasteiger partial charge in [-0.1, -0.05) is 17.3 Å². The van der Waals surface area contributed by atoms with Crippen molar-refractivity contribution >= 4 is 11.7 Å². The van der Waals surface area contributed by atoms with Gasteiger partial charge in [0.15, 0.2) is 5.84 Å². The van der Waals surface area contributed by atoms with Gasteiger partial charge in [-0.05, 0) is 18.6 Å². The lowest BCUT2D eigenvalue weighted by molar-refractivity contribution is 0.0952. The van der Waals surface area contributed by atoms with Gasteiger partial charge in [-0.15, -0.1) is 0 Å². The smallest absolute Gasteiger partial charge is 0.251 e. The number of nitrogens with zero attached hydrogens (tertiary/aromatic N) is 3. The van der Waals surface area contributed by atoms with Crippen molar-refractivity contribution in [3.63, 3.8) is 0 Å². The predicted octanol–water partition coefficient (Wildman–Crippen LogP) is 0.798. The van der Waals surface area contributed by atoms with Crippen LogP contribution < -0.4 is 11.1 Å². The quantitative estimate of drug-likeness (QED) is 0.240. The van der Waals surface area contributed by atoms with Crippen molar-refractivity contribution in [1.82, 2.24) is 14.9 Å². The first-order valence-electron chi connectivity index (χ1n) is 6.52. The number of imidazole rings is 1. The first-order chi connectivity index (χ1) is 10.2. The summed E-state index contributed by atoms with van der Waals surface area (Å²) in [5, 5.41) is 14.3. The van der Waals surface area contributed by atoms with E-state index in [0.717, 1.165) is 13.0 Å². The molecule has 0 bridgehead atoms. The van der Waals surface area contributed by atoms with Gasteiger partial charge in [-0.3, -0.25) is 4.79 Å². The van der Waals surface area contributed by atoms with E-state index >= 15 is 0 Å². The molecule has 0 spiro atoms. The van der Waals surface area contributed by atoms with Crippen LogP contribution in [-0.2, 0) is 6.54 Å². The Morgan fingerprint density at radius 2 is 2.05 bits per heavy atom. The summed E-state index contributed by atoms with van der Waals surface area (Å²) >= 11 is 0. The number of carbonyl (C=O) groups excluding carboxylic acids is 1. The lowest BCUT2D eigenvalue weighted by Crippen LogP contribution is -2.25. The van der Waals surface area contributed by atoms with Crippen LogP contribution >= 0.6 is 0 Å². The zero-order valence-electron chi connectivity index (χ0n) is 11.4. The van der Waals surface area contributed by atoms with Gasteiger partial charge < -0.3 is 20.8 Å². The molecule has 21 heavy (non-hydrogen) atoms. The van der Waals surface area contributed by atoms with E-state index in [9.17, 15) is 4.79 Å². The summed E-state index contributed by atoms with van der Waals surface area (Å²) in [5.41, 5.74) is 6.56. The van der Waals surface area contributed by atoms with Crippen LogP contribution in [0.4, 0.5) is 0 Å². The van der Waals surface area contributed by atoms with Crippen LogP contribution in [0.25, 0.3) is 0 Å². The lowest BCUT2D eigenvalue weighted by atomic mass is 10.1. The van der Waals surface area contributed by atoms with Gasteiger partial charge >= 0.3 is 0 Å². The van der Waals surface area contributed by atoms with Crippen molar-refractivity contribution in [1.29, 1.82) is 0 Å². The first-order valence-corrected chi connectivity index (χ1v) is 6.52. The number of benzene rings is 1. The number of nitrogens with one attached hydrogen (secondary N) is 1. The molecule has 0 aliphatic heterocycles. The molecule has 0 radical (unpaired) electrons. The molecule has 7 heteroatoms. The number of rotatable bonds is 6. The van der Waals surface area contributed by atoms with Gasteiger partial charge in [0.05, 0.1) is 6.33 Å². The number of amidine groups is 1. The fraction of sp³-hybridized carbons (Fsp3) is 0.214. The summed E-state index contributed by atoms with van der Waals surface area (Å²) < 4.78 is 1.96. The highest BCUT2D eigenvalue weighted by atomic mass is 16.4. The number of hydrogen-bond donors (Lipinski definition) is 3. The maximum Gasteiger partial charge on any atom is 0.251 e. The molecule has 1 heterocycles. The fourth-order valence-electron chi connectivity index (χ4n) is 1.83. The van der Waals surface area contributed by atoms with Crippen LogP contribution in [0.5, 0.6) is 0 Å². The van der Waals surface area contributed by atoms with Crippen LogP contribution in [0.1, 0.15) is 22.3 Å². The second kappa shape index (κ2) is 7.09. The summed E-state index contributed by atoms with van der Waals surface area (Å²) in [5.74, 6) is -0.131. The molecule has 0 saturated heterocycles. The van der Waals surface area contributed by atoms with Gasteiger partial charge in [-0.25, -0.2) is 4.98 Å². The molecule has 2 aromatic rings. The molecule has 0 saturated carbocycles. The Morgan fingerprint density at radius 1 is 1.33 bits per heavy atom. The third kappa shape index (κ3) is 4.07. The molecule has 0 aliphatic rings. The van der Waals surface area contributed by atoms with Crippen molar-refractivity contribution in [2.75, 3.05) is 6.54 Å². The highest BCUT2D eigenvalue weighted by Crippen LogP contribution is 2.04. The van der Waals surface area contributed by atoms with Crippen molar-refractivity contribution in [2.24, 2.45) is 10.9 Å². The average Bonchev–Trinajstić information content (AvgIpc) is 3.04. The molecule has 1 aromatic carbocycles. The minimum Gasteiger partial charge on any atom is -0.409 e. The van der Waals surface area contributed by atoms with Crippen LogP contribution in [0.3, 0.4) is 0 Å². The van der Waals surface area contributed by atoms with Crippen molar-refractivity contribution in [2.45, 2.75) is 13.0 Å². The van der Waals surface area contributed by atoms with Crippen molar-refractivity contribution in [3.8, 4) is 0 Å². The third-order valence-electron chi connectivity index (χ3n) is 2.99. The minimum absolute atomic E-state index is 0.0160. The summed E-state index contributed by atoms with van der Waals surface area (Å²) in [4.78, 5) is 15.9. The summed E-state index contributed by atoms with van der Waals surface area (Å²) in [6.07, 6.45) is 6.17. The van der Waals surface area contributed by atoms with E-state index in [-0.39, 0.29) is 11.7 Å². The number of nitrogens with two attached hydrogens (primary N) is 1. The molecule has 110 valence electrons. The normalized spacial score (nSPS) is 11.3. The van der Waals surface area contributed by atoms with Gasteiger partial charge in [0.1, 0.15) is 0 Å². The first kappa shape index (κ1) is 14.6. The Bertz CT molecular complexity index is 605. The maximum atomic E-state index is 11.9. The molecule has 0 unspecified atom stereocenters. The average molecular weight is 287 g/mol. The van der Waals surface area contributed by atoms with Crippen LogP contribution in [0.2, 0.25) is 0 Å². The number of carbonyl (C=O) groups is 1. The Hall–Kier alpha value is -2.83. The number of aryl methyl sites for hydroxylation is 1. The zero-order chi connectivity index (χ0) is 15.1. The number of amides is 1. The van der Waals surface area contributed by atoms with Crippen LogP contribution in [0, 0.1) is 0 Å². The molecule has 1 aromatic heterocycles. The Balaban J connectivity index is 1.80. The second-order valence-electron chi connectivity index (χ2n) is 4.47. The Labute approximate surface area is 122 Å². The van der Waals surface area contributed by atoms with E-state index in [4.69, 9.17) is 10.9 Å².